The number of hydrogen-bond donors (Lipinski definition) is 2. The fourth-order valence-corrected chi connectivity index (χ4v) is 2.48. The van der Waals surface area contributed by atoms with Crippen LogP contribution in [0.15, 0.2) is 36.4 Å². The monoisotopic (exact) mass is 256 g/mol. The molecule has 1 aliphatic carbocycles. The van der Waals surface area contributed by atoms with E-state index in [1.165, 1.54) is 33.4 Å². The highest BCUT2D eigenvalue weighted by Crippen LogP contribution is 2.38. The Morgan fingerprint density at radius 2 is 1.58 bits per heavy atom. The highest BCUT2D eigenvalue weighted by molar-refractivity contribution is 5.78. The molecule has 0 fully saturated rings. The van der Waals surface area contributed by atoms with Crippen LogP contribution >= 0.6 is 0 Å². The fraction of sp³-hybridized carbons (Fsp3) is 0.294. The normalized spacial score (nSPS) is 11.4. The zero-order valence-electron chi connectivity index (χ0n) is 11.5. The zero-order chi connectivity index (χ0) is 13.8. The van der Waals surface area contributed by atoms with Crippen molar-refractivity contribution in [3.8, 4) is 11.1 Å². The molecule has 2 heteroatoms. The number of benzene rings is 2. The van der Waals surface area contributed by atoms with E-state index in [-0.39, 0.29) is 13.2 Å². The molecule has 0 unspecified atom stereocenters. The van der Waals surface area contributed by atoms with Crippen molar-refractivity contribution >= 4 is 0 Å². The first-order chi connectivity index (χ1) is 9.19. The maximum absolute atomic E-state index is 7.62. The smallest absolute Gasteiger partial charge is 0.0662 e. The van der Waals surface area contributed by atoms with Gasteiger partial charge in [-0.25, -0.2) is 0 Å². The van der Waals surface area contributed by atoms with Crippen molar-refractivity contribution in [3.05, 3.63) is 58.7 Å². The molecule has 3 rings (SSSR count). The van der Waals surface area contributed by atoms with Crippen molar-refractivity contribution in [2.24, 2.45) is 0 Å². The lowest BCUT2D eigenvalue weighted by atomic mass is 9.98. The third-order valence-corrected chi connectivity index (χ3v) is 3.64. The topological polar surface area (TPSA) is 40.5 Å². The Bertz CT molecular complexity index is 571. The molecule has 0 amide bonds. The number of fused-ring (bicyclic) bond motifs is 3. The van der Waals surface area contributed by atoms with Gasteiger partial charge in [-0.05, 0) is 53.6 Å². The lowest BCUT2D eigenvalue weighted by Crippen LogP contribution is -1.89. The van der Waals surface area contributed by atoms with Crippen molar-refractivity contribution in [1.29, 1.82) is 0 Å². The van der Waals surface area contributed by atoms with Gasteiger partial charge in [-0.15, -0.1) is 0 Å². The van der Waals surface area contributed by atoms with E-state index in [1.54, 1.807) is 0 Å². The van der Waals surface area contributed by atoms with Gasteiger partial charge in [0.05, 0.1) is 13.2 Å². The maximum atomic E-state index is 7.62. The van der Waals surface area contributed by atoms with Crippen molar-refractivity contribution in [1.82, 2.24) is 0 Å². The molecule has 0 radical (unpaired) electrons. The Balaban J connectivity index is 0.000000297. The molecular weight excluding hydrogens is 236 g/mol. The van der Waals surface area contributed by atoms with Gasteiger partial charge in [0, 0.05) is 0 Å². The summed E-state index contributed by atoms with van der Waals surface area (Å²) in [6, 6.07) is 13.2. The van der Waals surface area contributed by atoms with Gasteiger partial charge in [0.15, 0.2) is 0 Å². The first kappa shape index (κ1) is 13.8. The standard InChI is InChI=1S/C15H14.C2H6O2/c1-10-7-8-14-13-6-4-3-5-12(13)9-15(14)11(10)2;3-1-2-4/h3-8H,9H2,1-2H3;3-4H,1-2H2. The van der Waals surface area contributed by atoms with Crippen LogP contribution in [0.5, 0.6) is 0 Å². The van der Waals surface area contributed by atoms with Crippen molar-refractivity contribution < 1.29 is 10.2 Å². The molecule has 0 heterocycles. The van der Waals surface area contributed by atoms with Crippen molar-refractivity contribution in [3.63, 3.8) is 0 Å². The summed E-state index contributed by atoms with van der Waals surface area (Å²) in [5, 5.41) is 15.2. The zero-order valence-corrected chi connectivity index (χ0v) is 11.5. The Kier molecular flexibility index (Phi) is 4.35. The summed E-state index contributed by atoms with van der Waals surface area (Å²) in [5.74, 6) is 0. The minimum absolute atomic E-state index is 0.125. The number of aryl methyl sites for hydroxylation is 1. The van der Waals surface area contributed by atoms with Gasteiger partial charge in [-0.2, -0.15) is 0 Å². The van der Waals surface area contributed by atoms with Crippen molar-refractivity contribution in [2.45, 2.75) is 20.3 Å². The second-order valence-corrected chi connectivity index (χ2v) is 4.81. The molecule has 2 aromatic rings. The molecule has 2 nitrogen and oxygen atoms in total. The molecule has 0 atom stereocenters. The Morgan fingerprint density at radius 3 is 2.26 bits per heavy atom. The number of aliphatic hydroxyl groups is 2. The third-order valence-electron chi connectivity index (χ3n) is 3.64. The predicted octanol–water partition coefficient (Wildman–Crippen LogP) is 2.85. The summed E-state index contributed by atoms with van der Waals surface area (Å²) in [6.45, 7) is 4.18. The maximum Gasteiger partial charge on any atom is 0.0662 e. The van der Waals surface area contributed by atoms with Crippen LogP contribution < -0.4 is 0 Å². The highest BCUT2D eigenvalue weighted by atomic mass is 16.3. The van der Waals surface area contributed by atoms with Gasteiger partial charge in [-0.1, -0.05) is 36.4 Å². The molecule has 0 aliphatic heterocycles. The Morgan fingerprint density at radius 1 is 0.895 bits per heavy atom. The van der Waals surface area contributed by atoms with Crippen LogP contribution in [0, 0.1) is 13.8 Å². The van der Waals surface area contributed by atoms with Gasteiger partial charge >= 0.3 is 0 Å². The molecule has 0 bridgehead atoms. The van der Waals surface area contributed by atoms with E-state index in [9.17, 15) is 0 Å². The molecule has 2 aromatic carbocycles. The van der Waals surface area contributed by atoms with Crippen LogP contribution in [0.1, 0.15) is 22.3 Å². The summed E-state index contributed by atoms with van der Waals surface area (Å²) in [7, 11) is 0. The van der Waals surface area contributed by atoms with Crippen LogP contribution in [-0.4, -0.2) is 23.4 Å². The van der Waals surface area contributed by atoms with E-state index in [4.69, 9.17) is 10.2 Å². The van der Waals surface area contributed by atoms with E-state index in [1.807, 2.05) is 0 Å². The molecule has 0 saturated heterocycles. The van der Waals surface area contributed by atoms with Crippen LogP contribution in [0.25, 0.3) is 11.1 Å². The van der Waals surface area contributed by atoms with Gasteiger partial charge in [0.2, 0.25) is 0 Å². The summed E-state index contributed by atoms with van der Waals surface area (Å²) in [5.41, 5.74) is 8.73. The minimum Gasteiger partial charge on any atom is -0.394 e. The molecule has 2 N–H and O–H groups in total. The van der Waals surface area contributed by atoms with E-state index in [0.29, 0.717) is 0 Å². The minimum atomic E-state index is -0.125. The Hall–Kier alpha value is -1.64. The lowest BCUT2D eigenvalue weighted by molar-refractivity contribution is 0.186. The largest absolute Gasteiger partial charge is 0.394 e. The van der Waals surface area contributed by atoms with Crippen LogP contribution in [0.4, 0.5) is 0 Å². The first-order valence-electron chi connectivity index (χ1n) is 6.58. The molecule has 1 aliphatic rings. The fourth-order valence-electron chi connectivity index (χ4n) is 2.48. The van der Waals surface area contributed by atoms with E-state index >= 15 is 0 Å². The molecule has 0 saturated carbocycles. The molecule has 100 valence electrons. The lowest BCUT2D eigenvalue weighted by Gasteiger charge is -2.06. The van der Waals surface area contributed by atoms with E-state index in [0.717, 1.165) is 6.42 Å². The van der Waals surface area contributed by atoms with E-state index < -0.39 is 0 Å². The van der Waals surface area contributed by atoms with Gasteiger partial charge in [0.1, 0.15) is 0 Å². The number of rotatable bonds is 1. The van der Waals surface area contributed by atoms with E-state index in [2.05, 4.69) is 50.2 Å². The van der Waals surface area contributed by atoms with Crippen LogP contribution in [0.2, 0.25) is 0 Å². The number of aliphatic hydroxyl groups excluding tert-OH is 2. The second kappa shape index (κ2) is 6.00. The predicted molar refractivity (Wildman–Crippen MR) is 78.3 cm³/mol. The molecule has 0 aromatic heterocycles. The summed E-state index contributed by atoms with van der Waals surface area (Å²) in [6.07, 6.45) is 1.11. The average molecular weight is 256 g/mol. The average Bonchev–Trinajstić information content (AvgIpc) is 2.83. The van der Waals surface area contributed by atoms with Gasteiger partial charge in [-0.3, -0.25) is 0 Å². The van der Waals surface area contributed by atoms with Crippen molar-refractivity contribution in [2.75, 3.05) is 13.2 Å². The third kappa shape index (κ3) is 2.70. The van der Waals surface area contributed by atoms with Gasteiger partial charge in [0.25, 0.3) is 0 Å². The van der Waals surface area contributed by atoms with Gasteiger partial charge < -0.3 is 10.2 Å². The molecule has 19 heavy (non-hydrogen) atoms. The molecular formula is C17H20O2. The summed E-state index contributed by atoms with van der Waals surface area (Å²) < 4.78 is 0. The summed E-state index contributed by atoms with van der Waals surface area (Å²) in [4.78, 5) is 0. The first-order valence-corrected chi connectivity index (χ1v) is 6.58. The summed E-state index contributed by atoms with van der Waals surface area (Å²) >= 11 is 0. The number of hydrogen-bond acceptors (Lipinski definition) is 2. The quantitative estimate of drug-likeness (QED) is 0.703. The van der Waals surface area contributed by atoms with Crippen LogP contribution in [-0.2, 0) is 6.42 Å². The SMILES string of the molecule is Cc1ccc2c(c1C)Cc1ccccc1-2.OCCO. The Labute approximate surface area is 114 Å². The van der Waals surface area contributed by atoms with Crippen LogP contribution in [0.3, 0.4) is 0 Å². The second-order valence-electron chi connectivity index (χ2n) is 4.81. The molecule has 0 spiro atoms. The highest BCUT2D eigenvalue weighted by Gasteiger charge is 2.19.